The van der Waals surface area contributed by atoms with E-state index in [1.54, 1.807) is 0 Å². The van der Waals surface area contributed by atoms with E-state index >= 15 is 0 Å². The fourth-order valence-electron chi connectivity index (χ4n) is 9.50. The molecule has 6 heteroatoms. The predicted octanol–water partition coefficient (Wildman–Crippen LogP) is 6.16. The summed E-state index contributed by atoms with van der Waals surface area (Å²) in [4.78, 5) is 27.3. The van der Waals surface area contributed by atoms with Crippen molar-refractivity contribution in [2.75, 3.05) is 0 Å². The average molecular weight is 520 g/mol. The van der Waals surface area contributed by atoms with Gasteiger partial charge in [-0.15, -0.1) is 0 Å². The van der Waals surface area contributed by atoms with Crippen molar-refractivity contribution in [3.05, 3.63) is 35.3 Å². The molecule has 0 aliphatic heterocycles. The lowest BCUT2D eigenvalue weighted by molar-refractivity contribution is -0.146. The molecule has 4 aliphatic rings. The van der Waals surface area contributed by atoms with Crippen LogP contribution in [0.15, 0.2) is 35.3 Å². The third kappa shape index (κ3) is 4.38. The standard InChI is InChI=1S/C32H46BNO4/c1-28(2,13-8-9-16-33(37)38)18-21-11-10-14-32(7)26(21)23(35)17-25-30(5)19-22(20-34)27(36)29(3,4)24(30)12-15-31(25,32)6/h9,16-17,19,21,24,26,37-38H,8,10-15,18H2,1-7H3/b16-9-/t21-,24-,26-,30-,31+,32+/m0/s1. The summed E-state index contributed by atoms with van der Waals surface area (Å²) in [7, 11) is -1.41. The zero-order chi connectivity index (χ0) is 28.3. The molecule has 206 valence electrons. The lowest BCUT2D eigenvalue weighted by atomic mass is 9.37. The minimum atomic E-state index is -1.41. The Bertz CT molecular complexity index is 1140. The third-order valence-electron chi connectivity index (χ3n) is 11.5. The molecular weight excluding hydrogens is 473 g/mol. The molecular formula is C32H46BNO4. The lowest BCUT2D eigenvalue weighted by Crippen LogP contribution is -2.62. The number of allylic oxidation sites excluding steroid dienone is 5. The van der Waals surface area contributed by atoms with Crippen molar-refractivity contribution < 1.29 is 19.6 Å². The number of rotatable bonds is 6. The summed E-state index contributed by atoms with van der Waals surface area (Å²) in [6.45, 7) is 15.4. The minimum absolute atomic E-state index is 0.0284. The van der Waals surface area contributed by atoms with Crippen molar-refractivity contribution in [2.45, 2.75) is 99.8 Å². The third-order valence-corrected chi connectivity index (χ3v) is 11.5. The van der Waals surface area contributed by atoms with E-state index in [9.17, 15) is 14.9 Å². The number of nitrogens with zero attached hydrogens (tertiary/aromatic N) is 1. The first kappa shape index (κ1) is 29.0. The smallest absolute Gasteiger partial charge is 0.424 e. The van der Waals surface area contributed by atoms with E-state index in [0.717, 1.165) is 56.9 Å². The maximum absolute atomic E-state index is 14.2. The Morgan fingerprint density at radius 1 is 1.13 bits per heavy atom. The molecule has 0 heterocycles. The number of Topliss-reactive ketones (excluding diaryl/α,β-unsaturated/α-hetero) is 1. The van der Waals surface area contributed by atoms with Crippen LogP contribution in [0.3, 0.4) is 0 Å². The van der Waals surface area contributed by atoms with Gasteiger partial charge < -0.3 is 10.0 Å². The second-order valence-electron chi connectivity index (χ2n) is 14.7. The number of fused-ring (bicyclic) bond motifs is 5. The molecule has 0 aromatic rings. The molecule has 0 saturated heterocycles. The van der Waals surface area contributed by atoms with Crippen molar-refractivity contribution in [3.8, 4) is 6.07 Å². The number of carbonyl (C=O) groups excluding carboxylic acids is 2. The van der Waals surface area contributed by atoms with Crippen LogP contribution in [-0.2, 0) is 9.59 Å². The van der Waals surface area contributed by atoms with Crippen LogP contribution in [0.25, 0.3) is 0 Å². The minimum Gasteiger partial charge on any atom is -0.424 e. The summed E-state index contributed by atoms with van der Waals surface area (Å²) in [5, 5.41) is 28.0. The summed E-state index contributed by atoms with van der Waals surface area (Å²) >= 11 is 0. The highest BCUT2D eigenvalue weighted by atomic mass is 16.4. The highest BCUT2D eigenvalue weighted by Gasteiger charge is 2.66. The molecule has 2 fully saturated rings. The first-order valence-corrected chi connectivity index (χ1v) is 14.5. The van der Waals surface area contributed by atoms with Gasteiger partial charge in [-0.2, -0.15) is 5.26 Å². The molecule has 4 rings (SSSR count). The Balaban J connectivity index is 1.72. The molecule has 0 aromatic carbocycles. The van der Waals surface area contributed by atoms with Crippen LogP contribution in [0, 0.1) is 56.2 Å². The van der Waals surface area contributed by atoms with E-state index in [-0.39, 0.29) is 45.2 Å². The Kier molecular flexibility index (Phi) is 7.33. The van der Waals surface area contributed by atoms with Gasteiger partial charge in [0, 0.05) is 16.7 Å². The molecule has 0 aromatic heterocycles. The van der Waals surface area contributed by atoms with Gasteiger partial charge in [0.15, 0.2) is 11.6 Å². The average Bonchev–Trinajstić information content (AvgIpc) is 2.80. The topological polar surface area (TPSA) is 98.4 Å². The second kappa shape index (κ2) is 9.60. The molecule has 5 nitrogen and oxygen atoms in total. The maximum atomic E-state index is 14.2. The molecule has 38 heavy (non-hydrogen) atoms. The number of hydrogen-bond donors (Lipinski definition) is 2. The highest BCUT2D eigenvalue weighted by Crippen LogP contribution is 2.71. The molecule has 2 N–H and O–H groups in total. The van der Waals surface area contributed by atoms with Gasteiger partial charge >= 0.3 is 7.12 Å². The van der Waals surface area contributed by atoms with Crippen molar-refractivity contribution in [2.24, 2.45) is 44.8 Å². The molecule has 6 atom stereocenters. The van der Waals surface area contributed by atoms with E-state index in [2.05, 4.69) is 40.7 Å². The highest BCUT2D eigenvalue weighted by molar-refractivity contribution is 6.47. The molecule has 0 spiro atoms. The SMILES string of the molecule is CC(C)(CC/C=C\B(O)O)C[C@@H]1CCC[C@]2(C)[C@@H]1C(=O)C=C1[C@@]3(C)C=C(C#N)C(=O)C(C)(C)[C@@H]3CC[C@]12C. The summed E-state index contributed by atoms with van der Waals surface area (Å²) in [5.41, 5.74) is -0.0653. The predicted molar refractivity (Wildman–Crippen MR) is 150 cm³/mol. The Morgan fingerprint density at radius 2 is 1.82 bits per heavy atom. The summed E-state index contributed by atoms with van der Waals surface area (Å²) in [5.74, 6) is 1.91. The van der Waals surface area contributed by atoms with Crippen molar-refractivity contribution >= 4 is 18.7 Å². The fraction of sp³-hybridized carbons (Fsp3) is 0.719. The van der Waals surface area contributed by atoms with Gasteiger partial charge in [0.2, 0.25) is 0 Å². The second-order valence-corrected chi connectivity index (χ2v) is 14.7. The van der Waals surface area contributed by atoms with Crippen molar-refractivity contribution in [1.82, 2.24) is 0 Å². The van der Waals surface area contributed by atoms with E-state index in [0.29, 0.717) is 5.92 Å². The molecule has 0 amide bonds. The van der Waals surface area contributed by atoms with Gasteiger partial charge in [0.25, 0.3) is 0 Å². The van der Waals surface area contributed by atoms with Crippen LogP contribution in [0.1, 0.15) is 99.8 Å². The van der Waals surface area contributed by atoms with Crippen LogP contribution in [0.4, 0.5) is 0 Å². The van der Waals surface area contributed by atoms with Gasteiger partial charge in [-0.05, 0) is 79.1 Å². The van der Waals surface area contributed by atoms with Gasteiger partial charge in [-0.25, -0.2) is 0 Å². The van der Waals surface area contributed by atoms with Crippen molar-refractivity contribution in [3.63, 3.8) is 0 Å². The number of hydrogen-bond acceptors (Lipinski definition) is 5. The molecule has 4 aliphatic carbocycles. The first-order chi connectivity index (χ1) is 17.5. The Morgan fingerprint density at radius 3 is 2.45 bits per heavy atom. The van der Waals surface area contributed by atoms with Crippen LogP contribution >= 0.6 is 0 Å². The van der Waals surface area contributed by atoms with Gasteiger partial charge in [0.05, 0.1) is 5.57 Å². The first-order valence-electron chi connectivity index (χ1n) is 14.5. The number of ketones is 2. The largest absolute Gasteiger partial charge is 0.480 e. The molecule has 0 radical (unpaired) electrons. The van der Waals surface area contributed by atoms with Crippen molar-refractivity contribution in [1.29, 1.82) is 5.26 Å². The van der Waals surface area contributed by atoms with E-state index in [1.165, 1.54) is 5.98 Å². The zero-order valence-electron chi connectivity index (χ0n) is 24.4. The zero-order valence-corrected chi connectivity index (χ0v) is 24.4. The molecule has 0 bridgehead atoms. The van der Waals surface area contributed by atoms with Crippen LogP contribution in [0.5, 0.6) is 0 Å². The Hall–Kier alpha value is -1.97. The normalized spacial score (nSPS) is 38.5. The molecule has 0 unspecified atom stereocenters. The number of carbonyl (C=O) groups is 2. The van der Waals surface area contributed by atoms with E-state index in [4.69, 9.17) is 10.0 Å². The summed E-state index contributed by atoms with van der Waals surface area (Å²) in [6.07, 6.45) is 13.4. The summed E-state index contributed by atoms with van der Waals surface area (Å²) < 4.78 is 0. The van der Waals surface area contributed by atoms with Gasteiger partial charge in [0.1, 0.15) is 6.07 Å². The van der Waals surface area contributed by atoms with E-state index < -0.39 is 17.9 Å². The van der Waals surface area contributed by atoms with Gasteiger partial charge in [-0.1, -0.05) is 78.6 Å². The lowest BCUT2D eigenvalue weighted by Gasteiger charge is -2.66. The molecule has 2 saturated carbocycles. The quantitative estimate of drug-likeness (QED) is 0.410. The maximum Gasteiger partial charge on any atom is 0.480 e. The summed E-state index contributed by atoms with van der Waals surface area (Å²) in [6, 6.07) is 2.18. The Labute approximate surface area is 229 Å². The van der Waals surface area contributed by atoms with Crippen LogP contribution in [0.2, 0.25) is 0 Å². The van der Waals surface area contributed by atoms with Gasteiger partial charge in [-0.3, -0.25) is 9.59 Å². The van der Waals surface area contributed by atoms with Crippen LogP contribution in [-0.4, -0.2) is 28.7 Å². The van der Waals surface area contributed by atoms with E-state index in [1.807, 2.05) is 32.1 Å². The fourth-order valence-corrected chi connectivity index (χ4v) is 9.50. The van der Waals surface area contributed by atoms with Crippen LogP contribution < -0.4 is 0 Å². The number of nitriles is 1. The monoisotopic (exact) mass is 519 g/mol.